The predicted molar refractivity (Wildman–Crippen MR) is 76.3 cm³/mol. The van der Waals surface area contributed by atoms with Crippen LogP contribution in [-0.2, 0) is 10.0 Å². The maximum atomic E-state index is 12.4. The van der Waals surface area contributed by atoms with Gasteiger partial charge in [0.2, 0.25) is 10.0 Å². The van der Waals surface area contributed by atoms with Gasteiger partial charge in [0.25, 0.3) is 0 Å². The molecule has 0 aliphatic heterocycles. The Morgan fingerprint density at radius 2 is 2.11 bits per heavy atom. The van der Waals surface area contributed by atoms with Gasteiger partial charge < -0.3 is 0 Å². The van der Waals surface area contributed by atoms with Crippen molar-refractivity contribution < 1.29 is 8.42 Å². The van der Waals surface area contributed by atoms with E-state index in [2.05, 4.69) is 15.9 Å². The standard InChI is InChI=1S/C12H15BrClNO2S/c1-15(8-9-3-2-4-9)18(16,17)12-6-5-10(13)7-11(12)14/h5-7,9H,2-4,8H2,1H3. The third-order valence-electron chi connectivity index (χ3n) is 3.32. The molecule has 0 unspecified atom stereocenters. The van der Waals surface area contributed by atoms with Gasteiger partial charge >= 0.3 is 0 Å². The molecule has 1 fully saturated rings. The molecule has 0 aromatic heterocycles. The van der Waals surface area contributed by atoms with Crippen molar-refractivity contribution in [3.63, 3.8) is 0 Å². The number of hydrogen-bond donors (Lipinski definition) is 0. The van der Waals surface area contributed by atoms with Crippen LogP contribution in [0.2, 0.25) is 5.02 Å². The summed E-state index contributed by atoms with van der Waals surface area (Å²) in [6.07, 6.45) is 3.44. The molecule has 0 atom stereocenters. The van der Waals surface area contributed by atoms with Crippen LogP contribution in [0.5, 0.6) is 0 Å². The topological polar surface area (TPSA) is 37.4 Å². The van der Waals surface area contributed by atoms with E-state index in [1.54, 1.807) is 25.2 Å². The summed E-state index contributed by atoms with van der Waals surface area (Å²) >= 11 is 9.27. The van der Waals surface area contributed by atoms with Crippen LogP contribution in [0.15, 0.2) is 27.6 Å². The molecule has 18 heavy (non-hydrogen) atoms. The van der Waals surface area contributed by atoms with Gasteiger partial charge in [-0.2, -0.15) is 0 Å². The number of nitrogens with zero attached hydrogens (tertiary/aromatic N) is 1. The molecule has 0 heterocycles. The highest BCUT2D eigenvalue weighted by molar-refractivity contribution is 9.10. The fourth-order valence-electron chi connectivity index (χ4n) is 1.99. The molecular weight excluding hydrogens is 338 g/mol. The Labute approximate surface area is 121 Å². The smallest absolute Gasteiger partial charge is 0.207 e. The molecule has 2 rings (SSSR count). The Morgan fingerprint density at radius 1 is 1.44 bits per heavy atom. The number of sulfonamides is 1. The SMILES string of the molecule is CN(CC1CCC1)S(=O)(=O)c1ccc(Br)cc1Cl. The fourth-order valence-corrected chi connectivity index (χ4v) is 4.24. The molecule has 3 nitrogen and oxygen atoms in total. The highest BCUT2D eigenvalue weighted by Gasteiger charge is 2.28. The molecule has 100 valence electrons. The second kappa shape index (κ2) is 5.49. The lowest BCUT2D eigenvalue weighted by Gasteiger charge is -2.29. The second-order valence-electron chi connectivity index (χ2n) is 4.66. The first-order valence-corrected chi connectivity index (χ1v) is 8.44. The molecule has 0 amide bonds. The van der Waals surface area contributed by atoms with Gasteiger partial charge in [-0.15, -0.1) is 0 Å². The lowest BCUT2D eigenvalue weighted by molar-refractivity contribution is 0.263. The summed E-state index contributed by atoms with van der Waals surface area (Å²) in [5.41, 5.74) is 0. The van der Waals surface area contributed by atoms with Gasteiger partial charge in [-0.1, -0.05) is 34.0 Å². The molecule has 1 aliphatic rings. The summed E-state index contributed by atoms with van der Waals surface area (Å²) in [6.45, 7) is 0.578. The van der Waals surface area contributed by atoms with Crippen molar-refractivity contribution in [3.8, 4) is 0 Å². The minimum Gasteiger partial charge on any atom is -0.207 e. The molecule has 1 aromatic rings. The minimum atomic E-state index is -3.48. The van der Waals surface area contributed by atoms with Crippen molar-refractivity contribution in [2.24, 2.45) is 5.92 Å². The molecule has 0 saturated heterocycles. The van der Waals surface area contributed by atoms with Gasteiger partial charge in [-0.3, -0.25) is 0 Å². The largest absolute Gasteiger partial charge is 0.244 e. The average molecular weight is 353 g/mol. The Morgan fingerprint density at radius 3 is 2.61 bits per heavy atom. The first-order chi connectivity index (χ1) is 8.41. The Kier molecular flexibility index (Phi) is 4.36. The summed E-state index contributed by atoms with van der Waals surface area (Å²) in [7, 11) is -1.86. The van der Waals surface area contributed by atoms with Gasteiger partial charge in [0, 0.05) is 18.1 Å². The number of hydrogen-bond acceptors (Lipinski definition) is 2. The van der Waals surface area contributed by atoms with E-state index in [0.717, 1.165) is 17.3 Å². The van der Waals surface area contributed by atoms with E-state index in [1.807, 2.05) is 0 Å². The zero-order valence-corrected chi connectivity index (χ0v) is 13.2. The van der Waals surface area contributed by atoms with Crippen molar-refractivity contribution in [1.82, 2.24) is 4.31 Å². The highest BCUT2D eigenvalue weighted by Crippen LogP contribution is 2.31. The quantitative estimate of drug-likeness (QED) is 0.831. The van der Waals surface area contributed by atoms with E-state index < -0.39 is 10.0 Å². The molecule has 6 heteroatoms. The molecular formula is C12H15BrClNO2S. The maximum absolute atomic E-state index is 12.4. The number of benzene rings is 1. The monoisotopic (exact) mass is 351 g/mol. The first-order valence-electron chi connectivity index (χ1n) is 5.82. The summed E-state index contributed by atoms with van der Waals surface area (Å²) in [4.78, 5) is 0.175. The Balaban J connectivity index is 2.23. The highest BCUT2D eigenvalue weighted by atomic mass is 79.9. The van der Waals surface area contributed by atoms with Crippen LogP contribution >= 0.6 is 27.5 Å². The van der Waals surface area contributed by atoms with Gasteiger partial charge in [-0.25, -0.2) is 12.7 Å². The van der Waals surface area contributed by atoms with Crippen molar-refractivity contribution >= 4 is 37.6 Å². The lowest BCUT2D eigenvalue weighted by atomic mass is 9.86. The van der Waals surface area contributed by atoms with E-state index in [9.17, 15) is 8.42 Å². The van der Waals surface area contributed by atoms with E-state index in [4.69, 9.17) is 11.6 Å². The molecule has 1 saturated carbocycles. The fraction of sp³-hybridized carbons (Fsp3) is 0.500. The predicted octanol–water partition coefficient (Wildman–Crippen LogP) is 3.52. The normalized spacial score (nSPS) is 16.9. The molecule has 1 aliphatic carbocycles. The van der Waals surface area contributed by atoms with Gasteiger partial charge in [-0.05, 0) is 37.0 Å². The minimum absolute atomic E-state index is 0.175. The van der Waals surface area contributed by atoms with Crippen molar-refractivity contribution in [1.29, 1.82) is 0 Å². The third kappa shape index (κ3) is 2.90. The maximum Gasteiger partial charge on any atom is 0.244 e. The third-order valence-corrected chi connectivity index (χ3v) is 6.12. The molecule has 1 aromatic carbocycles. The molecule has 0 spiro atoms. The zero-order valence-electron chi connectivity index (χ0n) is 10.1. The van der Waals surface area contributed by atoms with Crippen molar-refractivity contribution in [3.05, 3.63) is 27.7 Å². The van der Waals surface area contributed by atoms with Crippen molar-refractivity contribution in [2.45, 2.75) is 24.2 Å². The van der Waals surface area contributed by atoms with Crippen LogP contribution in [0.25, 0.3) is 0 Å². The summed E-state index contributed by atoms with van der Waals surface area (Å²) in [5, 5.41) is 0.254. The van der Waals surface area contributed by atoms with Gasteiger partial charge in [0.15, 0.2) is 0 Å². The van der Waals surface area contributed by atoms with E-state index >= 15 is 0 Å². The van der Waals surface area contributed by atoms with Crippen LogP contribution in [0.1, 0.15) is 19.3 Å². The van der Waals surface area contributed by atoms with Crippen LogP contribution in [0.3, 0.4) is 0 Å². The van der Waals surface area contributed by atoms with Gasteiger partial charge in [0.1, 0.15) is 4.90 Å². The second-order valence-corrected chi connectivity index (χ2v) is 7.99. The lowest BCUT2D eigenvalue weighted by Crippen LogP contribution is -2.34. The van der Waals surface area contributed by atoms with Crippen LogP contribution in [-0.4, -0.2) is 26.3 Å². The summed E-state index contributed by atoms with van der Waals surface area (Å²) < 4.78 is 26.9. The zero-order chi connectivity index (χ0) is 13.3. The van der Waals surface area contributed by atoms with E-state index in [-0.39, 0.29) is 9.92 Å². The number of halogens is 2. The van der Waals surface area contributed by atoms with Gasteiger partial charge in [0.05, 0.1) is 5.02 Å². The molecule has 0 N–H and O–H groups in total. The number of rotatable bonds is 4. The summed E-state index contributed by atoms with van der Waals surface area (Å²) in [6, 6.07) is 4.83. The average Bonchev–Trinajstić information content (AvgIpc) is 2.22. The van der Waals surface area contributed by atoms with Crippen LogP contribution in [0, 0.1) is 5.92 Å². The van der Waals surface area contributed by atoms with Crippen molar-refractivity contribution in [2.75, 3.05) is 13.6 Å². The molecule has 0 bridgehead atoms. The molecule has 0 radical (unpaired) electrons. The Hall–Kier alpha value is -0.100. The Bertz CT molecular complexity index is 543. The first kappa shape index (κ1) is 14.3. The van der Waals surface area contributed by atoms with Crippen LogP contribution in [0.4, 0.5) is 0 Å². The summed E-state index contributed by atoms with van der Waals surface area (Å²) in [5.74, 6) is 0.499. The van der Waals surface area contributed by atoms with E-state index in [1.165, 1.54) is 10.7 Å². The van der Waals surface area contributed by atoms with Crippen LogP contribution < -0.4 is 0 Å². The van der Waals surface area contributed by atoms with E-state index in [0.29, 0.717) is 12.5 Å².